The van der Waals surface area contributed by atoms with Gasteiger partial charge in [-0.05, 0) is 19.1 Å². The molecule has 3 rings (SSSR count). The lowest BCUT2D eigenvalue weighted by molar-refractivity contribution is 1.04. The van der Waals surface area contributed by atoms with Gasteiger partial charge in [0.05, 0.1) is 20.9 Å². The smallest absolute Gasteiger partial charge is 0.132 e. The van der Waals surface area contributed by atoms with Gasteiger partial charge in [0.1, 0.15) is 12.1 Å². The summed E-state index contributed by atoms with van der Waals surface area (Å²) in [6.45, 7) is 2.03. The zero-order chi connectivity index (χ0) is 13.4. The Hall–Kier alpha value is -2.01. The molecule has 0 amide bonds. The largest absolute Gasteiger partial charge is 0.363 e. The van der Waals surface area contributed by atoms with Gasteiger partial charge in [-0.15, -0.1) is 11.3 Å². The Labute approximate surface area is 115 Å². The second-order valence-corrected chi connectivity index (χ2v) is 5.81. The first kappa shape index (κ1) is 12.0. The molecule has 0 radical (unpaired) electrons. The van der Waals surface area contributed by atoms with Crippen LogP contribution in [0.25, 0.3) is 21.5 Å². The average molecular weight is 270 g/mol. The van der Waals surface area contributed by atoms with Crippen LogP contribution in [0.5, 0.6) is 0 Å². The SMILES string of the molecule is Cc1nc2cc(-c3cc(N(C)C)ncn3)ccc2s1. The first-order valence-electron chi connectivity index (χ1n) is 6.00. The number of aromatic nitrogens is 3. The zero-order valence-corrected chi connectivity index (χ0v) is 11.9. The maximum absolute atomic E-state index is 4.52. The van der Waals surface area contributed by atoms with E-state index in [0.29, 0.717) is 0 Å². The van der Waals surface area contributed by atoms with Gasteiger partial charge in [-0.25, -0.2) is 15.0 Å². The molecule has 0 fully saturated rings. The Balaban J connectivity index is 2.10. The number of fused-ring (bicyclic) bond motifs is 1. The molecule has 0 unspecified atom stereocenters. The van der Waals surface area contributed by atoms with E-state index >= 15 is 0 Å². The molecule has 0 bridgehead atoms. The molecule has 0 saturated heterocycles. The second-order valence-electron chi connectivity index (χ2n) is 4.57. The van der Waals surface area contributed by atoms with Crippen molar-refractivity contribution in [3.8, 4) is 11.3 Å². The van der Waals surface area contributed by atoms with Crippen molar-refractivity contribution in [2.24, 2.45) is 0 Å². The third-order valence-corrected chi connectivity index (χ3v) is 3.85. The number of nitrogens with zero attached hydrogens (tertiary/aromatic N) is 4. The minimum absolute atomic E-state index is 0.902. The molecular formula is C14H14N4S. The molecule has 1 aromatic carbocycles. The summed E-state index contributed by atoms with van der Waals surface area (Å²) >= 11 is 1.71. The summed E-state index contributed by atoms with van der Waals surface area (Å²) in [6.07, 6.45) is 1.60. The molecule has 5 heteroatoms. The van der Waals surface area contributed by atoms with E-state index in [4.69, 9.17) is 0 Å². The predicted octanol–water partition coefficient (Wildman–Crippen LogP) is 3.13. The molecule has 2 heterocycles. The molecular weight excluding hydrogens is 256 g/mol. The lowest BCUT2D eigenvalue weighted by atomic mass is 10.1. The van der Waals surface area contributed by atoms with Gasteiger partial charge in [0, 0.05) is 25.7 Å². The van der Waals surface area contributed by atoms with Crippen LogP contribution in [0.15, 0.2) is 30.6 Å². The standard InChI is InChI=1S/C14H14N4S/c1-9-17-12-6-10(4-5-13(12)19-9)11-7-14(18(2)3)16-8-15-11/h4-8H,1-3H3. The van der Waals surface area contributed by atoms with E-state index in [-0.39, 0.29) is 0 Å². The Morgan fingerprint density at radius 3 is 2.74 bits per heavy atom. The summed E-state index contributed by atoms with van der Waals surface area (Å²) < 4.78 is 1.21. The first-order chi connectivity index (χ1) is 9.13. The van der Waals surface area contributed by atoms with Crippen molar-refractivity contribution in [1.82, 2.24) is 15.0 Å². The number of anilines is 1. The Bertz CT molecular complexity index is 733. The van der Waals surface area contributed by atoms with Gasteiger partial charge in [-0.2, -0.15) is 0 Å². The maximum Gasteiger partial charge on any atom is 0.132 e. The number of rotatable bonds is 2. The fraction of sp³-hybridized carbons (Fsp3) is 0.214. The number of hydrogen-bond acceptors (Lipinski definition) is 5. The van der Waals surface area contributed by atoms with E-state index in [1.807, 2.05) is 32.0 Å². The average Bonchev–Trinajstić information content (AvgIpc) is 2.77. The van der Waals surface area contributed by atoms with Gasteiger partial charge in [0.25, 0.3) is 0 Å². The quantitative estimate of drug-likeness (QED) is 0.717. The summed E-state index contributed by atoms with van der Waals surface area (Å²) in [7, 11) is 3.94. The summed E-state index contributed by atoms with van der Waals surface area (Å²) in [5.41, 5.74) is 3.03. The highest BCUT2D eigenvalue weighted by Crippen LogP contribution is 2.27. The summed E-state index contributed by atoms with van der Waals surface area (Å²) in [6, 6.07) is 8.26. The molecule has 0 aliphatic carbocycles. The molecule has 96 valence electrons. The summed E-state index contributed by atoms with van der Waals surface area (Å²) in [4.78, 5) is 15.1. The topological polar surface area (TPSA) is 41.9 Å². The van der Waals surface area contributed by atoms with E-state index in [1.54, 1.807) is 17.7 Å². The van der Waals surface area contributed by atoms with Gasteiger partial charge in [0.15, 0.2) is 0 Å². The summed E-state index contributed by atoms with van der Waals surface area (Å²) in [5, 5.41) is 1.09. The van der Waals surface area contributed by atoms with Gasteiger partial charge in [-0.3, -0.25) is 0 Å². The van der Waals surface area contributed by atoms with Crippen molar-refractivity contribution in [1.29, 1.82) is 0 Å². The zero-order valence-electron chi connectivity index (χ0n) is 11.1. The minimum atomic E-state index is 0.902. The second kappa shape index (κ2) is 4.59. The highest BCUT2D eigenvalue weighted by molar-refractivity contribution is 7.18. The van der Waals surface area contributed by atoms with Crippen molar-refractivity contribution >= 4 is 27.4 Å². The van der Waals surface area contributed by atoms with Crippen LogP contribution in [0.1, 0.15) is 5.01 Å². The van der Waals surface area contributed by atoms with Crippen molar-refractivity contribution in [3.63, 3.8) is 0 Å². The van der Waals surface area contributed by atoms with Crippen LogP contribution < -0.4 is 4.90 Å². The monoisotopic (exact) mass is 270 g/mol. The van der Waals surface area contributed by atoms with Crippen LogP contribution in [-0.4, -0.2) is 29.0 Å². The minimum Gasteiger partial charge on any atom is -0.363 e. The normalized spacial score (nSPS) is 10.9. The van der Waals surface area contributed by atoms with Gasteiger partial charge >= 0.3 is 0 Å². The van der Waals surface area contributed by atoms with Crippen molar-refractivity contribution in [3.05, 3.63) is 35.6 Å². The van der Waals surface area contributed by atoms with Crippen LogP contribution in [0.4, 0.5) is 5.82 Å². The van der Waals surface area contributed by atoms with E-state index in [9.17, 15) is 0 Å². The van der Waals surface area contributed by atoms with Crippen molar-refractivity contribution in [2.45, 2.75) is 6.92 Å². The molecule has 19 heavy (non-hydrogen) atoms. The molecule has 0 spiro atoms. The number of hydrogen-bond donors (Lipinski definition) is 0. The lowest BCUT2D eigenvalue weighted by Gasteiger charge is -2.11. The molecule has 2 aromatic heterocycles. The number of benzene rings is 1. The fourth-order valence-electron chi connectivity index (χ4n) is 1.95. The third-order valence-electron chi connectivity index (χ3n) is 2.90. The Morgan fingerprint density at radius 1 is 1.11 bits per heavy atom. The van der Waals surface area contributed by atoms with E-state index in [0.717, 1.165) is 27.6 Å². The molecule has 0 aliphatic heterocycles. The number of thiazole rings is 1. The molecule has 0 N–H and O–H groups in total. The molecule has 4 nitrogen and oxygen atoms in total. The molecule has 0 aliphatic rings. The van der Waals surface area contributed by atoms with Crippen LogP contribution in [0.2, 0.25) is 0 Å². The van der Waals surface area contributed by atoms with Crippen molar-refractivity contribution < 1.29 is 0 Å². The predicted molar refractivity (Wildman–Crippen MR) is 79.7 cm³/mol. The van der Waals surface area contributed by atoms with Gasteiger partial charge < -0.3 is 4.90 Å². The highest BCUT2D eigenvalue weighted by Gasteiger charge is 2.06. The molecule has 3 aromatic rings. The van der Waals surface area contributed by atoms with Crippen molar-refractivity contribution in [2.75, 3.05) is 19.0 Å². The highest BCUT2D eigenvalue weighted by atomic mass is 32.1. The van der Waals surface area contributed by atoms with Crippen LogP contribution in [0, 0.1) is 6.92 Å². The van der Waals surface area contributed by atoms with E-state index < -0.39 is 0 Å². The van der Waals surface area contributed by atoms with Crippen LogP contribution in [0.3, 0.4) is 0 Å². The lowest BCUT2D eigenvalue weighted by Crippen LogP contribution is -2.10. The molecule has 0 atom stereocenters. The van der Waals surface area contributed by atoms with Crippen LogP contribution in [-0.2, 0) is 0 Å². The van der Waals surface area contributed by atoms with E-state index in [1.165, 1.54) is 4.70 Å². The first-order valence-corrected chi connectivity index (χ1v) is 6.82. The van der Waals surface area contributed by atoms with E-state index in [2.05, 4.69) is 33.2 Å². The fourth-order valence-corrected chi connectivity index (χ4v) is 2.76. The summed E-state index contributed by atoms with van der Waals surface area (Å²) in [5.74, 6) is 0.902. The Morgan fingerprint density at radius 2 is 1.95 bits per heavy atom. The Kier molecular flexibility index (Phi) is 2.91. The molecule has 0 saturated carbocycles. The third kappa shape index (κ3) is 2.29. The van der Waals surface area contributed by atoms with Crippen LogP contribution >= 0.6 is 11.3 Å². The van der Waals surface area contributed by atoms with Gasteiger partial charge in [0.2, 0.25) is 0 Å². The number of aryl methyl sites for hydroxylation is 1. The maximum atomic E-state index is 4.52. The van der Waals surface area contributed by atoms with Gasteiger partial charge in [-0.1, -0.05) is 6.07 Å².